The quantitative estimate of drug-likeness (QED) is 0.133. The molecule has 5 atom stereocenters. The van der Waals surface area contributed by atoms with Gasteiger partial charge < -0.3 is 42.3 Å². The second-order valence-electron chi connectivity index (χ2n) is 7.45. The highest BCUT2D eigenvalue weighted by Gasteiger charge is 2.33. The minimum Gasteiger partial charge on any atom is -0.481 e. The molecular formula is C18H31N5O9. The summed E-state index contributed by atoms with van der Waals surface area (Å²) in [6, 6.07) is -5.73. The second kappa shape index (κ2) is 13.2. The maximum Gasteiger partial charge on any atom is 0.305 e. The van der Waals surface area contributed by atoms with Crippen molar-refractivity contribution < 1.29 is 44.1 Å². The number of hydrogen-bond acceptors (Lipinski definition) is 8. The lowest BCUT2D eigenvalue weighted by molar-refractivity contribution is -0.141. The van der Waals surface area contributed by atoms with Crippen molar-refractivity contribution in [2.75, 3.05) is 6.61 Å². The Morgan fingerprint density at radius 3 is 1.69 bits per heavy atom. The van der Waals surface area contributed by atoms with Crippen LogP contribution in [0.15, 0.2) is 0 Å². The highest BCUT2D eigenvalue weighted by Crippen LogP contribution is 2.05. The number of aliphatic carboxylic acids is 1. The molecule has 182 valence electrons. The van der Waals surface area contributed by atoms with E-state index in [4.69, 9.17) is 10.8 Å². The van der Waals surface area contributed by atoms with Gasteiger partial charge in [0.25, 0.3) is 0 Å². The lowest BCUT2D eigenvalue weighted by Gasteiger charge is -2.27. The molecule has 0 rings (SSSR count). The van der Waals surface area contributed by atoms with Gasteiger partial charge in [-0.2, -0.15) is 0 Å². The zero-order valence-electron chi connectivity index (χ0n) is 18.2. The number of amides is 5. The van der Waals surface area contributed by atoms with Crippen LogP contribution in [0, 0.1) is 5.92 Å². The molecular weight excluding hydrogens is 430 g/mol. The molecule has 5 amide bonds. The van der Waals surface area contributed by atoms with Gasteiger partial charge in [0.15, 0.2) is 0 Å². The van der Waals surface area contributed by atoms with E-state index in [1.54, 1.807) is 13.8 Å². The Kier molecular flexibility index (Phi) is 11.9. The van der Waals surface area contributed by atoms with Crippen molar-refractivity contribution in [2.45, 2.75) is 64.4 Å². The van der Waals surface area contributed by atoms with Crippen LogP contribution in [-0.4, -0.2) is 87.7 Å². The van der Waals surface area contributed by atoms with Gasteiger partial charge in [-0.1, -0.05) is 13.8 Å². The number of carbonyl (C=O) groups is 6. The van der Waals surface area contributed by atoms with Crippen LogP contribution in [0.5, 0.6) is 0 Å². The van der Waals surface area contributed by atoms with Crippen LogP contribution in [-0.2, 0) is 28.8 Å². The molecule has 0 bridgehead atoms. The van der Waals surface area contributed by atoms with E-state index in [0.717, 1.165) is 6.92 Å². The number of nitrogens with two attached hydrogens (primary N) is 1. The first-order chi connectivity index (χ1) is 14.7. The monoisotopic (exact) mass is 461 g/mol. The molecule has 0 saturated heterocycles. The predicted octanol–water partition coefficient (Wildman–Crippen LogP) is -4.07. The number of carboxylic acid groups (broad SMARTS) is 1. The minimum atomic E-state index is -1.55. The van der Waals surface area contributed by atoms with Gasteiger partial charge in [-0.25, -0.2) is 0 Å². The number of aliphatic hydroxyl groups is 2. The zero-order chi connectivity index (χ0) is 25.2. The van der Waals surface area contributed by atoms with Crippen molar-refractivity contribution in [1.29, 1.82) is 0 Å². The summed E-state index contributed by atoms with van der Waals surface area (Å²) >= 11 is 0. The van der Waals surface area contributed by atoms with Crippen molar-refractivity contribution in [1.82, 2.24) is 21.3 Å². The van der Waals surface area contributed by atoms with E-state index in [9.17, 15) is 39.0 Å². The summed E-state index contributed by atoms with van der Waals surface area (Å²) in [5, 5.41) is 36.7. The van der Waals surface area contributed by atoms with Gasteiger partial charge in [0.2, 0.25) is 29.5 Å². The second-order valence-corrected chi connectivity index (χ2v) is 7.45. The SMILES string of the molecule is CC(=O)N[C@@H](CC(=O)O)C(=O)N[C@H](C(=O)N[C@@H](CO)C(=O)N[C@H](C(N)=O)[C@@H](C)O)C(C)C. The first-order valence-electron chi connectivity index (χ1n) is 9.69. The largest absolute Gasteiger partial charge is 0.481 e. The predicted molar refractivity (Wildman–Crippen MR) is 108 cm³/mol. The molecule has 0 aliphatic heterocycles. The van der Waals surface area contributed by atoms with E-state index in [1.807, 2.05) is 0 Å². The smallest absolute Gasteiger partial charge is 0.305 e. The van der Waals surface area contributed by atoms with Crippen LogP contribution in [0.3, 0.4) is 0 Å². The molecule has 0 aromatic carbocycles. The van der Waals surface area contributed by atoms with Crippen LogP contribution in [0.4, 0.5) is 0 Å². The van der Waals surface area contributed by atoms with Gasteiger partial charge in [0, 0.05) is 6.92 Å². The average Bonchev–Trinajstić information content (AvgIpc) is 2.65. The molecule has 0 aromatic rings. The first kappa shape index (κ1) is 28.7. The van der Waals surface area contributed by atoms with Crippen LogP contribution >= 0.6 is 0 Å². The van der Waals surface area contributed by atoms with E-state index in [0.29, 0.717) is 0 Å². The Morgan fingerprint density at radius 1 is 0.812 bits per heavy atom. The molecule has 14 heteroatoms. The van der Waals surface area contributed by atoms with E-state index in [2.05, 4.69) is 21.3 Å². The Labute approximate surface area is 184 Å². The third-order valence-electron chi connectivity index (χ3n) is 4.22. The molecule has 0 unspecified atom stereocenters. The van der Waals surface area contributed by atoms with Gasteiger partial charge in [0.05, 0.1) is 19.1 Å². The third kappa shape index (κ3) is 9.70. The standard InChI is InChI=1S/C18H31N5O9/c1-7(2)13(22-16(30)10(5-12(27)28)20-9(4)26)18(32)21-11(6-24)17(31)23-14(8(3)25)15(19)29/h7-8,10-11,13-14,24-25H,5-6H2,1-4H3,(H2,19,29)(H,20,26)(H,21,32)(H,22,30)(H,23,31)(H,27,28)/t8-,10+,11+,13+,14+/m1/s1. The number of hydrogen-bond donors (Lipinski definition) is 8. The Bertz CT molecular complexity index is 710. The fraction of sp³-hybridized carbons (Fsp3) is 0.667. The summed E-state index contributed by atoms with van der Waals surface area (Å²) in [5.74, 6) is -6.44. The topological polar surface area (TPSA) is 237 Å². The summed E-state index contributed by atoms with van der Waals surface area (Å²) < 4.78 is 0. The van der Waals surface area contributed by atoms with E-state index >= 15 is 0 Å². The molecule has 0 aromatic heterocycles. The summed E-state index contributed by atoms with van der Waals surface area (Å²) in [6.45, 7) is 4.52. The Hall–Kier alpha value is -3.26. The number of primary amides is 1. The van der Waals surface area contributed by atoms with Crippen molar-refractivity contribution >= 4 is 35.5 Å². The normalized spacial score (nSPS) is 15.5. The number of aliphatic hydroxyl groups excluding tert-OH is 2. The van der Waals surface area contributed by atoms with Crippen LogP contribution in [0.1, 0.15) is 34.1 Å². The lowest BCUT2D eigenvalue weighted by Crippen LogP contribution is -2.61. The average molecular weight is 461 g/mol. The molecule has 0 aliphatic rings. The summed E-state index contributed by atoms with van der Waals surface area (Å²) in [7, 11) is 0. The molecule has 0 aliphatic carbocycles. The van der Waals surface area contributed by atoms with Gasteiger partial charge in [-0.15, -0.1) is 0 Å². The van der Waals surface area contributed by atoms with E-state index in [1.165, 1.54) is 6.92 Å². The van der Waals surface area contributed by atoms with Crippen LogP contribution in [0.2, 0.25) is 0 Å². The summed E-state index contributed by atoms with van der Waals surface area (Å²) in [5.41, 5.74) is 5.09. The van der Waals surface area contributed by atoms with Gasteiger partial charge in [0.1, 0.15) is 24.2 Å². The molecule has 0 saturated carbocycles. The first-order valence-corrected chi connectivity index (χ1v) is 9.69. The highest BCUT2D eigenvalue weighted by molar-refractivity contribution is 5.96. The highest BCUT2D eigenvalue weighted by atomic mass is 16.4. The van der Waals surface area contributed by atoms with Crippen molar-refractivity contribution in [3.63, 3.8) is 0 Å². The number of rotatable bonds is 13. The zero-order valence-corrected chi connectivity index (χ0v) is 18.2. The molecule has 0 heterocycles. The molecule has 14 nitrogen and oxygen atoms in total. The lowest BCUT2D eigenvalue weighted by atomic mass is 10.0. The van der Waals surface area contributed by atoms with Crippen molar-refractivity contribution in [3.8, 4) is 0 Å². The number of carboxylic acids is 1. The van der Waals surface area contributed by atoms with Crippen molar-refractivity contribution in [2.24, 2.45) is 11.7 Å². The van der Waals surface area contributed by atoms with Crippen LogP contribution < -0.4 is 27.0 Å². The Morgan fingerprint density at radius 2 is 1.31 bits per heavy atom. The number of nitrogens with one attached hydrogen (secondary N) is 4. The molecule has 32 heavy (non-hydrogen) atoms. The van der Waals surface area contributed by atoms with Gasteiger partial charge in [-0.3, -0.25) is 28.8 Å². The summed E-state index contributed by atoms with van der Waals surface area (Å²) in [4.78, 5) is 70.9. The van der Waals surface area contributed by atoms with Gasteiger partial charge in [-0.05, 0) is 12.8 Å². The molecule has 0 fully saturated rings. The van der Waals surface area contributed by atoms with Crippen LogP contribution in [0.25, 0.3) is 0 Å². The fourth-order valence-corrected chi connectivity index (χ4v) is 2.56. The number of carbonyl (C=O) groups excluding carboxylic acids is 5. The molecule has 9 N–H and O–H groups in total. The third-order valence-corrected chi connectivity index (χ3v) is 4.22. The van der Waals surface area contributed by atoms with Gasteiger partial charge >= 0.3 is 5.97 Å². The fourth-order valence-electron chi connectivity index (χ4n) is 2.56. The maximum absolute atomic E-state index is 12.7. The molecule has 0 spiro atoms. The minimum absolute atomic E-state index is 0.542. The van der Waals surface area contributed by atoms with E-state index < -0.39 is 84.7 Å². The summed E-state index contributed by atoms with van der Waals surface area (Å²) in [6.07, 6.45) is -2.07. The van der Waals surface area contributed by atoms with E-state index in [-0.39, 0.29) is 0 Å². The maximum atomic E-state index is 12.7. The van der Waals surface area contributed by atoms with Crippen molar-refractivity contribution in [3.05, 3.63) is 0 Å². The Balaban J connectivity index is 5.40. The molecule has 0 radical (unpaired) electrons.